The monoisotopic (exact) mass is 385 g/mol. The molecule has 0 amide bonds. The Balaban J connectivity index is 1.90. The van der Waals surface area contributed by atoms with Crippen molar-refractivity contribution in [3.8, 4) is 12.1 Å². The summed E-state index contributed by atoms with van der Waals surface area (Å²) >= 11 is 12.4. The van der Waals surface area contributed by atoms with Crippen molar-refractivity contribution in [2.45, 2.75) is 6.42 Å². The molecule has 1 heterocycles. The van der Waals surface area contributed by atoms with Crippen LogP contribution in [0.3, 0.4) is 0 Å². The fourth-order valence-corrected chi connectivity index (χ4v) is 2.77. The maximum atomic E-state index is 8.87. The quantitative estimate of drug-likeness (QED) is 0.700. The normalized spacial score (nSPS) is 10.2. The van der Waals surface area contributed by atoms with Crippen molar-refractivity contribution in [3.63, 3.8) is 0 Å². The second-order valence-electron chi connectivity index (χ2n) is 5.25. The van der Waals surface area contributed by atoms with Crippen molar-refractivity contribution >= 4 is 34.8 Å². The molecular weight excluding hydrogens is 373 g/mol. The second kappa shape index (κ2) is 8.00. The number of benzene rings is 2. The number of nitrogens with zero attached hydrogens (tertiary/aromatic N) is 4. The number of ether oxygens (including phenoxy) is 1. The third-order valence-corrected chi connectivity index (χ3v) is 4.22. The third-order valence-electron chi connectivity index (χ3n) is 3.51. The maximum Gasteiger partial charge on any atom is 0.321 e. The lowest BCUT2D eigenvalue weighted by molar-refractivity contribution is 0.377. The minimum Gasteiger partial charge on any atom is -0.467 e. The van der Waals surface area contributed by atoms with E-state index in [4.69, 9.17) is 33.2 Å². The van der Waals surface area contributed by atoms with Crippen molar-refractivity contribution in [2.24, 2.45) is 0 Å². The van der Waals surface area contributed by atoms with E-state index in [-0.39, 0.29) is 6.01 Å². The molecule has 1 aromatic heterocycles. The van der Waals surface area contributed by atoms with Gasteiger partial charge in [0.2, 0.25) is 5.95 Å². The summed E-state index contributed by atoms with van der Waals surface area (Å²) in [6.07, 6.45) is 0.333. The number of aromatic nitrogens is 3. The van der Waals surface area contributed by atoms with Crippen LogP contribution in [0.1, 0.15) is 17.0 Å². The van der Waals surface area contributed by atoms with Gasteiger partial charge in [0.15, 0.2) is 0 Å². The molecule has 3 aromatic rings. The molecule has 0 saturated heterocycles. The highest BCUT2D eigenvalue weighted by Gasteiger charge is 2.12. The molecule has 0 radical (unpaired) electrons. The van der Waals surface area contributed by atoms with E-state index in [9.17, 15) is 0 Å². The van der Waals surface area contributed by atoms with Gasteiger partial charge in [-0.2, -0.15) is 20.2 Å². The molecular formula is C18H13Cl2N5O. The van der Waals surface area contributed by atoms with Crippen LogP contribution in [0.15, 0.2) is 42.5 Å². The maximum absolute atomic E-state index is 8.87. The van der Waals surface area contributed by atoms with Gasteiger partial charge in [0.1, 0.15) is 5.82 Å². The Morgan fingerprint density at radius 1 is 1.04 bits per heavy atom. The first-order valence-electron chi connectivity index (χ1n) is 7.58. The molecule has 1 N–H and O–H groups in total. The minimum absolute atomic E-state index is 0.175. The van der Waals surface area contributed by atoms with Crippen molar-refractivity contribution in [1.29, 1.82) is 5.26 Å². The molecule has 8 heteroatoms. The van der Waals surface area contributed by atoms with Gasteiger partial charge in [0.05, 0.1) is 18.7 Å². The zero-order chi connectivity index (χ0) is 18.5. The number of nitrogens with one attached hydrogen (secondary N) is 1. The van der Waals surface area contributed by atoms with Gasteiger partial charge in [0.25, 0.3) is 0 Å². The summed E-state index contributed by atoms with van der Waals surface area (Å²) in [7, 11) is 1.48. The van der Waals surface area contributed by atoms with Gasteiger partial charge in [0, 0.05) is 22.2 Å². The van der Waals surface area contributed by atoms with Crippen LogP contribution in [0.5, 0.6) is 6.01 Å². The molecule has 0 aliphatic carbocycles. The highest BCUT2D eigenvalue weighted by molar-refractivity contribution is 6.36. The number of halogens is 2. The molecule has 0 aliphatic heterocycles. The molecule has 26 heavy (non-hydrogen) atoms. The summed E-state index contributed by atoms with van der Waals surface area (Å²) in [6.45, 7) is 0. The van der Waals surface area contributed by atoms with E-state index in [1.54, 1.807) is 42.5 Å². The average Bonchev–Trinajstić information content (AvgIpc) is 2.65. The molecule has 0 atom stereocenters. The van der Waals surface area contributed by atoms with Gasteiger partial charge < -0.3 is 10.1 Å². The molecule has 0 saturated carbocycles. The van der Waals surface area contributed by atoms with Crippen LogP contribution in [-0.2, 0) is 6.42 Å². The van der Waals surface area contributed by atoms with E-state index in [2.05, 4.69) is 26.3 Å². The number of nitriles is 1. The summed E-state index contributed by atoms with van der Waals surface area (Å²) in [6, 6.07) is 14.5. The fourth-order valence-electron chi connectivity index (χ4n) is 2.24. The van der Waals surface area contributed by atoms with E-state index >= 15 is 0 Å². The minimum atomic E-state index is 0.175. The lowest BCUT2D eigenvalue weighted by Crippen LogP contribution is -2.06. The predicted molar refractivity (Wildman–Crippen MR) is 100 cm³/mol. The molecule has 3 rings (SSSR count). The number of anilines is 2. The molecule has 0 bridgehead atoms. The topological polar surface area (TPSA) is 83.7 Å². The van der Waals surface area contributed by atoms with E-state index in [1.807, 2.05) is 0 Å². The fraction of sp³-hybridized carbons (Fsp3) is 0.111. The van der Waals surface area contributed by atoms with Gasteiger partial charge >= 0.3 is 6.01 Å². The number of hydrogen-bond acceptors (Lipinski definition) is 6. The van der Waals surface area contributed by atoms with Gasteiger partial charge in [-0.3, -0.25) is 0 Å². The first kappa shape index (κ1) is 17.9. The zero-order valence-electron chi connectivity index (χ0n) is 13.7. The molecule has 0 unspecified atom stereocenters. The predicted octanol–water partition coefficient (Wildman–Crippen LogP) is 4.39. The second-order valence-corrected chi connectivity index (χ2v) is 6.07. The van der Waals surface area contributed by atoms with Crippen LogP contribution in [-0.4, -0.2) is 22.1 Å². The van der Waals surface area contributed by atoms with Crippen molar-refractivity contribution in [3.05, 3.63) is 69.5 Å². The Hall–Kier alpha value is -2.88. The van der Waals surface area contributed by atoms with Crippen LogP contribution in [0.25, 0.3) is 0 Å². The van der Waals surface area contributed by atoms with Crippen LogP contribution in [0.4, 0.5) is 11.6 Å². The van der Waals surface area contributed by atoms with Gasteiger partial charge in [-0.25, -0.2) is 0 Å². The van der Waals surface area contributed by atoms with E-state index in [1.165, 1.54) is 7.11 Å². The summed E-state index contributed by atoms with van der Waals surface area (Å²) in [5.41, 5.74) is 2.03. The lowest BCUT2D eigenvalue weighted by Gasteiger charge is -2.10. The van der Waals surface area contributed by atoms with Crippen LogP contribution in [0.2, 0.25) is 10.0 Å². The van der Waals surface area contributed by atoms with Crippen molar-refractivity contribution < 1.29 is 4.74 Å². The van der Waals surface area contributed by atoms with Gasteiger partial charge in [-0.05, 0) is 42.0 Å². The number of rotatable bonds is 5. The Kier molecular flexibility index (Phi) is 5.52. The molecule has 130 valence electrons. The molecule has 0 fully saturated rings. The SMILES string of the molecule is COc1nc(Cc2c(Cl)cccc2Cl)nc(Nc2ccc(C#N)cc2)n1. The Labute approximate surface area is 160 Å². The zero-order valence-corrected chi connectivity index (χ0v) is 15.2. The van der Waals surface area contributed by atoms with E-state index in [0.717, 1.165) is 11.3 Å². The van der Waals surface area contributed by atoms with Crippen LogP contribution < -0.4 is 10.1 Å². The van der Waals surface area contributed by atoms with Crippen LogP contribution in [0, 0.1) is 11.3 Å². The first-order valence-corrected chi connectivity index (χ1v) is 8.33. The molecule has 0 spiro atoms. The highest BCUT2D eigenvalue weighted by atomic mass is 35.5. The van der Waals surface area contributed by atoms with E-state index < -0.39 is 0 Å². The molecule has 0 aliphatic rings. The summed E-state index contributed by atoms with van der Waals surface area (Å²) in [5, 5.41) is 13.0. The standard InChI is InChI=1S/C18H13Cl2N5O/c1-26-18-24-16(9-13-14(19)3-2-4-15(13)20)23-17(25-18)22-12-7-5-11(10-21)6-8-12/h2-8H,9H2,1H3,(H,22,23,24,25). The highest BCUT2D eigenvalue weighted by Crippen LogP contribution is 2.26. The van der Waals surface area contributed by atoms with Crippen LogP contribution >= 0.6 is 23.2 Å². The molecule has 2 aromatic carbocycles. The Morgan fingerprint density at radius 2 is 1.73 bits per heavy atom. The Bertz CT molecular complexity index is 950. The largest absolute Gasteiger partial charge is 0.467 e. The third kappa shape index (κ3) is 4.20. The number of hydrogen-bond donors (Lipinski definition) is 1. The first-order chi connectivity index (χ1) is 12.6. The number of methoxy groups -OCH3 is 1. The molecule has 6 nitrogen and oxygen atoms in total. The van der Waals surface area contributed by atoms with Gasteiger partial charge in [-0.15, -0.1) is 0 Å². The smallest absolute Gasteiger partial charge is 0.321 e. The Morgan fingerprint density at radius 3 is 2.35 bits per heavy atom. The van der Waals surface area contributed by atoms with Gasteiger partial charge in [-0.1, -0.05) is 29.3 Å². The van der Waals surface area contributed by atoms with Crippen molar-refractivity contribution in [2.75, 3.05) is 12.4 Å². The van der Waals surface area contributed by atoms with Crippen molar-refractivity contribution in [1.82, 2.24) is 15.0 Å². The summed E-state index contributed by atoms with van der Waals surface area (Å²) in [4.78, 5) is 12.8. The lowest BCUT2D eigenvalue weighted by atomic mass is 10.1. The van der Waals surface area contributed by atoms with E-state index in [0.29, 0.717) is 33.8 Å². The average molecular weight is 386 g/mol. The summed E-state index contributed by atoms with van der Waals surface area (Å²) in [5.74, 6) is 0.780. The summed E-state index contributed by atoms with van der Waals surface area (Å²) < 4.78 is 5.16.